The van der Waals surface area contributed by atoms with Gasteiger partial charge in [0, 0.05) is 31.3 Å². The number of halogens is 2. The number of benzene rings is 2. The second kappa shape index (κ2) is 10.9. The van der Waals surface area contributed by atoms with Gasteiger partial charge >= 0.3 is 0 Å². The first-order chi connectivity index (χ1) is 16.5. The van der Waals surface area contributed by atoms with Crippen LogP contribution in [0.2, 0.25) is 0 Å². The molecular weight excluding hydrogens is 438 g/mol. The van der Waals surface area contributed by atoms with E-state index in [0.29, 0.717) is 11.6 Å². The highest BCUT2D eigenvalue weighted by Crippen LogP contribution is 2.27. The van der Waals surface area contributed by atoms with Crippen LogP contribution in [0.4, 0.5) is 8.78 Å². The van der Waals surface area contributed by atoms with Gasteiger partial charge in [-0.25, -0.2) is 13.8 Å². The van der Waals surface area contributed by atoms with Crippen molar-refractivity contribution >= 4 is 12.2 Å². The topological polar surface area (TPSA) is 66.0 Å². The first-order valence-corrected chi connectivity index (χ1v) is 11.1. The van der Waals surface area contributed by atoms with Crippen molar-refractivity contribution in [2.24, 2.45) is 0 Å². The first kappa shape index (κ1) is 23.4. The summed E-state index contributed by atoms with van der Waals surface area (Å²) in [4.78, 5) is 4.38. The minimum absolute atomic E-state index is 0.0172. The van der Waals surface area contributed by atoms with E-state index in [9.17, 15) is 8.78 Å². The molecule has 0 atom stereocenters. The lowest BCUT2D eigenvalue weighted by atomic mass is 10.1. The van der Waals surface area contributed by atoms with Crippen LogP contribution in [-0.4, -0.2) is 20.0 Å². The van der Waals surface area contributed by atoms with E-state index in [1.54, 1.807) is 36.7 Å². The van der Waals surface area contributed by atoms with Crippen LogP contribution in [0.5, 0.6) is 5.75 Å². The van der Waals surface area contributed by atoms with E-state index in [4.69, 9.17) is 9.15 Å². The van der Waals surface area contributed by atoms with E-state index >= 15 is 0 Å². The lowest BCUT2D eigenvalue weighted by Crippen LogP contribution is -2.06. The molecule has 0 aliphatic heterocycles. The summed E-state index contributed by atoms with van der Waals surface area (Å²) < 4.78 is 39.7. The van der Waals surface area contributed by atoms with E-state index in [1.807, 2.05) is 23.0 Å². The number of alkyl halides is 2. The highest BCUT2D eigenvalue weighted by Gasteiger charge is 2.23. The summed E-state index contributed by atoms with van der Waals surface area (Å²) in [6, 6.07) is 14.2. The predicted molar refractivity (Wildman–Crippen MR) is 125 cm³/mol. The minimum Gasteiger partial charge on any atom is -0.487 e. The highest BCUT2D eigenvalue weighted by atomic mass is 19.3. The third-order valence-corrected chi connectivity index (χ3v) is 5.29. The molecule has 0 N–H and O–H groups in total. The molecule has 0 radical (unpaired) electrons. The second-order valence-corrected chi connectivity index (χ2v) is 8.08. The van der Waals surface area contributed by atoms with Gasteiger partial charge in [-0.1, -0.05) is 41.6 Å². The average Bonchev–Trinajstić information content (AvgIpc) is 3.52. The SMILES string of the molecule is CC(F)(F)c1ccc(/C=C/c2nc(COc3ccc(CCCCn4ccnn4)cc3)co2)cc1. The fourth-order valence-electron chi connectivity index (χ4n) is 3.38. The molecule has 34 heavy (non-hydrogen) atoms. The number of oxazole rings is 1. The molecule has 0 saturated carbocycles. The normalized spacial score (nSPS) is 11.9. The van der Waals surface area contributed by atoms with Crippen LogP contribution in [0.3, 0.4) is 0 Å². The van der Waals surface area contributed by atoms with Gasteiger partial charge in [-0.05, 0) is 48.6 Å². The van der Waals surface area contributed by atoms with Crippen LogP contribution in [0.1, 0.15) is 48.0 Å². The predicted octanol–water partition coefficient (Wildman–Crippen LogP) is 6.15. The molecule has 0 aliphatic carbocycles. The number of unbranched alkanes of at least 4 members (excludes halogenated alkanes) is 1. The monoisotopic (exact) mass is 464 g/mol. The lowest BCUT2D eigenvalue weighted by Gasteiger charge is -2.09. The number of rotatable bonds is 11. The molecule has 0 aliphatic rings. The van der Waals surface area contributed by atoms with Gasteiger partial charge in [-0.3, -0.25) is 4.68 Å². The maximum atomic E-state index is 13.3. The van der Waals surface area contributed by atoms with Gasteiger partial charge in [-0.2, -0.15) is 0 Å². The van der Waals surface area contributed by atoms with E-state index in [1.165, 1.54) is 17.7 Å². The van der Waals surface area contributed by atoms with Crippen LogP contribution in [0, 0.1) is 0 Å². The number of ether oxygens (including phenoxy) is 1. The zero-order valence-electron chi connectivity index (χ0n) is 18.9. The van der Waals surface area contributed by atoms with Crippen LogP contribution in [0.15, 0.2) is 71.6 Å². The Bertz CT molecular complexity index is 1180. The van der Waals surface area contributed by atoms with Crippen molar-refractivity contribution in [3.8, 4) is 5.75 Å². The summed E-state index contributed by atoms with van der Waals surface area (Å²) in [5.74, 6) is -1.66. The van der Waals surface area contributed by atoms with Gasteiger partial charge < -0.3 is 9.15 Å². The van der Waals surface area contributed by atoms with E-state index < -0.39 is 5.92 Å². The molecule has 2 aromatic carbocycles. The van der Waals surface area contributed by atoms with Crippen LogP contribution in [-0.2, 0) is 25.5 Å². The fraction of sp³-hybridized carbons (Fsp3) is 0.269. The van der Waals surface area contributed by atoms with Gasteiger partial charge in [-0.15, -0.1) is 5.10 Å². The van der Waals surface area contributed by atoms with E-state index in [0.717, 1.165) is 44.0 Å². The Labute approximate surface area is 196 Å². The van der Waals surface area contributed by atoms with E-state index in [-0.39, 0.29) is 12.2 Å². The third-order valence-electron chi connectivity index (χ3n) is 5.29. The zero-order valence-corrected chi connectivity index (χ0v) is 18.9. The summed E-state index contributed by atoms with van der Waals surface area (Å²) >= 11 is 0. The number of nitrogens with zero attached hydrogens (tertiary/aromatic N) is 4. The molecule has 2 heterocycles. The Morgan fingerprint density at radius 1 is 1.03 bits per heavy atom. The van der Waals surface area contributed by atoms with Crippen LogP contribution >= 0.6 is 0 Å². The molecule has 4 aromatic rings. The average molecular weight is 465 g/mol. The summed E-state index contributed by atoms with van der Waals surface area (Å²) in [7, 11) is 0. The molecule has 0 fully saturated rings. The van der Waals surface area contributed by atoms with Crippen molar-refractivity contribution in [1.29, 1.82) is 0 Å². The second-order valence-electron chi connectivity index (χ2n) is 8.08. The largest absolute Gasteiger partial charge is 0.487 e. The number of hydrogen-bond acceptors (Lipinski definition) is 5. The molecule has 176 valence electrons. The number of hydrogen-bond donors (Lipinski definition) is 0. The molecule has 0 unspecified atom stereocenters. The van der Waals surface area contributed by atoms with Gasteiger partial charge in [0.1, 0.15) is 24.3 Å². The zero-order chi connectivity index (χ0) is 23.8. The molecule has 0 saturated heterocycles. The Hall–Kier alpha value is -3.81. The fourth-order valence-corrected chi connectivity index (χ4v) is 3.38. The van der Waals surface area contributed by atoms with Gasteiger partial charge in [0.25, 0.3) is 5.92 Å². The van der Waals surface area contributed by atoms with Crippen LogP contribution < -0.4 is 4.74 Å². The molecule has 0 spiro atoms. The minimum atomic E-state index is -2.85. The molecule has 4 rings (SSSR count). The van der Waals surface area contributed by atoms with E-state index in [2.05, 4.69) is 27.4 Å². The number of aryl methyl sites for hydroxylation is 2. The molecule has 6 nitrogen and oxygen atoms in total. The van der Waals surface area contributed by atoms with Crippen molar-refractivity contribution in [1.82, 2.24) is 20.0 Å². The first-order valence-electron chi connectivity index (χ1n) is 11.1. The van der Waals surface area contributed by atoms with Crippen molar-refractivity contribution in [3.63, 3.8) is 0 Å². The lowest BCUT2D eigenvalue weighted by molar-refractivity contribution is 0.0175. The Balaban J connectivity index is 1.21. The van der Waals surface area contributed by atoms with Gasteiger partial charge in [0.05, 0.1) is 6.20 Å². The Kier molecular flexibility index (Phi) is 7.47. The summed E-state index contributed by atoms with van der Waals surface area (Å²) in [6.45, 7) is 2.04. The quantitative estimate of drug-likeness (QED) is 0.249. The molecule has 0 amide bonds. The third kappa shape index (κ3) is 6.84. The summed E-state index contributed by atoms with van der Waals surface area (Å²) in [5.41, 5.74) is 2.69. The summed E-state index contributed by atoms with van der Waals surface area (Å²) in [6.07, 6.45) is 11.7. The Morgan fingerprint density at radius 2 is 1.82 bits per heavy atom. The molecule has 2 aromatic heterocycles. The Morgan fingerprint density at radius 3 is 2.53 bits per heavy atom. The highest BCUT2D eigenvalue weighted by molar-refractivity contribution is 5.66. The molecule has 0 bridgehead atoms. The maximum absolute atomic E-state index is 13.3. The van der Waals surface area contributed by atoms with Gasteiger partial charge in [0.15, 0.2) is 0 Å². The van der Waals surface area contributed by atoms with Gasteiger partial charge in [0.2, 0.25) is 5.89 Å². The van der Waals surface area contributed by atoms with Crippen LogP contribution in [0.25, 0.3) is 12.2 Å². The number of aromatic nitrogens is 4. The molecule has 8 heteroatoms. The smallest absolute Gasteiger partial charge is 0.270 e. The standard InChI is InChI=1S/C26H26F2N4O2/c1-26(27,28)22-10-5-21(6-11-22)9-14-25-30-23(19-34-25)18-33-24-12-7-20(8-13-24)4-2-3-16-32-17-15-29-31-32/h5-15,17,19H,2-4,16,18H2,1H3/b14-9+. The van der Waals surface area contributed by atoms with Crippen molar-refractivity contribution < 1.29 is 17.9 Å². The molecular formula is C26H26F2N4O2. The van der Waals surface area contributed by atoms with Crippen molar-refractivity contribution in [2.75, 3.05) is 0 Å². The van der Waals surface area contributed by atoms with Crippen molar-refractivity contribution in [2.45, 2.75) is 45.3 Å². The van der Waals surface area contributed by atoms with Crippen molar-refractivity contribution in [3.05, 3.63) is 95.5 Å². The maximum Gasteiger partial charge on any atom is 0.270 e. The summed E-state index contributed by atoms with van der Waals surface area (Å²) in [5, 5.41) is 7.77.